The lowest BCUT2D eigenvalue weighted by Gasteiger charge is -2.23. The quantitative estimate of drug-likeness (QED) is 0.0470. The average molecular weight is 625 g/mol. The van der Waals surface area contributed by atoms with Gasteiger partial charge < -0.3 is 18.9 Å². The summed E-state index contributed by atoms with van der Waals surface area (Å²) in [6.07, 6.45) is 2.24. The van der Waals surface area contributed by atoms with Crippen molar-refractivity contribution in [3.05, 3.63) is 122 Å². The minimum atomic E-state index is -0.536. The summed E-state index contributed by atoms with van der Waals surface area (Å²) in [6.45, 7) is 13.7. The van der Waals surface area contributed by atoms with Crippen molar-refractivity contribution in [1.82, 2.24) is 0 Å². The van der Waals surface area contributed by atoms with Gasteiger partial charge in [0.2, 0.25) is 6.79 Å². The van der Waals surface area contributed by atoms with Gasteiger partial charge in [-0.05, 0) is 95.9 Å². The van der Waals surface area contributed by atoms with Crippen molar-refractivity contribution >= 4 is 44.3 Å². The maximum Gasteiger partial charge on any atom is 0.333 e. The van der Waals surface area contributed by atoms with E-state index in [2.05, 4.69) is 88.5 Å². The maximum atomic E-state index is 11.4. The number of hydrogen-bond donors (Lipinski definition) is 0. The number of ether oxygens (including phenoxy) is 4. The highest BCUT2D eigenvalue weighted by molar-refractivity contribution is 6.28. The fourth-order valence-electron chi connectivity index (χ4n) is 5.86. The molecule has 0 bridgehead atoms. The minimum Gasteiger partial charge on any atom is -0.490 e. The highest BCUT2D eigenvalue weighted by atomic mass is 16.7. The Balaban J connectivity index is 1.44. The van der Waals surface area contributed by atoms with E-state index in [1.807, 2.05) is 36.4 Å². The molecule has 47 heavy (non-hydrogen) atoms. The first-order valence-corrected chi connectivity index (χ1v) is 15.5. The van der Waals surface area contributed by atoms with Gasteiger partial charge in [-0.15, -0.1) is 0 Å². The predicted molar refractivity (Wildman–Crippen MR) is 188 cm³/mol. The average Bonchev–Trinajstić information content (AvgIpc) is 3.08. The molecule has 0 aliphatic heterocycles. The van der Waals surface area contributed by atoms with E-state index < -0.39 is 11.9 Å². The second kappa shape index (κ2) is 13.0. The van der Waals surface area contributed by atoms with Gasteiger partial charge in [0, 0.05) is 12.2 Å². The van der Waals surface area contributed by atoms with E-state index in [4.69, 9.17) is 18.9 Å². The molecule has 6 aromatic carbocycles. The fraction of sp³-hybridized carbons (Fsp3) is 0.171. The summed E-state index contributed by atoms with van der Waals surface area (Å²) < 4.78 is 21.4. The Hall–Kier alpha value is -5.62. The van der Waals surface area contributed by atoms with Crippen molar-refractivity contribution in [3.63, 3.8) is 0 Å². The number of carbonyl (C=O) groups excluding carboxylic acids is 2. The third-order valence-electron chi connectivity index (χ3n) is 8.27. The van der Waals surface area contributed by atoms with Crippen molar-refractivity contribution in [2.24, 2.45) is 0 Å². The molecule has 0 aliphatic rings. The van der Waals surface area contributed by atoms with E-state index in [0.29, 0.717) is 11.5 Å². The van der Waals surface area contributed by atoms with Crippen molar-refractivity contribution < 1.29 is 28.5 Å². The van der Waals surface area contributed by atoms with Crippen LogP contribution in [0, 0.1) is 0 Å². The molecule has 0 aliphatic carbocycles. The Morgan fingerprint density at radius 1 is 0.617 bits per heavy atom. The Morgan fingerprint density at radius 3 is 1.64 bits per heavy atom. The van der Waals surface area contributed by atoms with Gasteiger partial charge in [-0.3, -0.25) is 0 Å². The van der Waals surface area contributed by atoms with Crippen LogP contribution in [0.1, 0.15) is 26.3 Å². The second-order valence-electron chi connectivity index (χ2n) is 12.3. The van der Waals surface area contributed by atoms with Gasteiger partial charge in [-0.1, -0.05) is 94.6 Å². The summed E-state index contributed by atoms with van der Waals surface area (Å²) in [7, 11) is 0. The number of esters is 2. The highest BCUT2D eigenvalue weighted by Gasteiger charge is 2.20. The van der Waals surface area contributed by atoms with Crippen LogP contribution >= 0.6 is 0 Å². The molecule has 0 aromatic heterocycles. The molecule has 0 spiro atoms. The third-order valence-corrected chi connectivity index (χ3v) is 8.27. The molecule has 0 radical (unpaired) electrons. The number of rotatable bonds is 11. The van der Waals surface area contributed by atoms with Crippen LogP contribution in [0.5, 0.6) is 11.5 Å². The van der Waals surface area contributed by atoms with Crippen LogP contribution in [0.15, 0.2) is 116 Å². The molecule has 6 rings (SSSR count). The highest BCUT2D eigenvalue weighted by Crippen LogP contribution is 2.45. The summed E-state index contributed by atoms with van der Waals surface area (Å²) in [5.74, 6) is 0.268. The van der Waals surface area contributed by atoms with Gasteiger partial charge in [0.05, 0.1) is 0 Å². The molecule has 0 heterocycles. The summed E-state index contributed by atoms with van der Waals surface area (Å²) in [5.41, 5.74) is 5.60. The van der Waals surface area contributed by atoms with E-state index >= 15 is 0 Å². The Labute approximate surface area is 274 Å². The van der Waals surface area contributed by atoms with Crippen LogP contribution in [0.3, 0.4) is 0 Å². The van der Waals surface area contributed by atoms with E-state index in [-0.39, 0.29) is 25.4 Å². The lowest BCUT2D eigenvalue weighted by Crippen LogP contribution is -2.10. The zero-order chi connectivity index (χ0) is 33.1. The number of hydrogen-bond acceptors (Lipinski definition) is 6. The lowest BCUT2D eigenvalue weighted by atomic mass is 9.81. The Bertz CT molecular complexity index is 2080. The van der Waals surface area contributed by atoms with E-state index in [0.717, 1.165) is 39.8 Å². The SMILES string of the molecule is C=CC(=O)OCCOc1ccc(-c2cc(-c3ccc(OCOC(=O)C=C)cc3)c3ccc4cc(C(C)(C)C)cc5ccc2c3c54)cc1. The van der Waals surface area contributed by atoms with E-state index in [1.54, 1.807) is 0 Å². The first-order chi connectivity index (χ1) is 22.7. The van der Waals surface area contributed by atoms with Crippen LogP contribution < -0.4 is 9.47 Å². The number of benzene rings is 6. The molecule has 0 amide bonds. The van der Waals surface area contributed by atoms with Crippen molar-refractivity contribution in [3.8, 4) is 33.8 Å². The van der Waals surface area contributed by atoms with Gasteiger partial charge in [-0.2, -0.15) is 0 Å². The van der Waals surface area contributed by atoms with Crippen molar-refractivity contribution in [2.45, 2.75) is 26.2 Å². The van der Waals surface area contributed by atoms with Gasteiger partial charge in [0.25, 0.3) is 0 Å². The first-order valence-electron chi connectivity index (χ1n) is 15.5. The molecule has 0 unspecified atom stereocenters. The Kier molecular flexibility index (Phi) is 8.68. The summed E-state index contributed by atoms with van der Waals surface area (Å²) in [6, 6.07) is 31.6. The topological polar surface area (TPSA) is 71.1 Å². The smallest absolute Gasteiger partial charge is 0.333 e. The minimum absolute atomic E-state index is 0.0196. The molecule has 0 N–H and O–H groups in total. The van der Waals surface area contributed by atoms with Gasteiger partial charge >= 0.3 is 11.9 Å². The van der Waals surface area contributed by atoms with Gasteiger partial charge in [0.1, 0.15) is 24.7 Å². The van der Waals surface area contributed by atoms with Crippen LogP contribution in [0.25, 0.3) is 54.6 Å². The molecule has 236 valence electrons. The standard InChI is InChI=1S/C41H36O6/c1-6-37(42)45-21-20-44-31-14-8-26(9-15-31)35-24-36(27-10-16-32(17-11-27)46-25-47-38(43)7-2)34-19-13-29-23-30(41(3,4)5)22-28-12-18-33(35)40(34)39(28)29/h6-19,22-24H,1-2,20-21,25H2,3-5H3. The zero-order valence-corrected chi connectivity index (χ0v) is 26.8. The van der Waals surface area contributed by atoms with Gasteiger partial charge in [0.15, 0.2) is 0 Å². The third kappa shape index (κ3) is 6.54. The second-order valence-corrected chi connectivity index (χ2v) is 12.3. The largest absolute Gasteiger partial charge is 0.490 e. The van der Waals surface area contributed by atoms with E-state index in [1.165, 1.54) is 32.5 Å². The first kappa shape index (κ1) is 31.4. The summed E-state index contributed by atoms with van der Waals surface area (Å²) in [4.78, 5) is 22.7. The lowest BCUT2D eigenvalue weighted by molar-refractivity contribution is -0.144. The maximum absolute atomic E-state index is 11.4. The summed E-state index contributed by atoms with van der Waals surface area (Å²) in [5, 5.41) is 7.22. The van der Waals surface area contributed by atoms with E-state index in [9.17, 15) is 9.59 Å². The van der Waals surface area contributed by atoms with Crippen LogP contribution in [0.2, 0.25) is 0 Å². The molecule has 0 saturated heterocycles. The monoisotopic (exact) mass is 624 g/mol. The number of carbonyl (C=O) groups is 2. The molecule has 0 saturated carbocycles. The summed E-state index contributed by atoms with van der Waals surface area (Å²) >= 11 is 0. The van der Waals surface area contributed by atoms with Crippen LogP contribution in [-0.2, 0) is 24.5 Å². The molecular weight excluding hydrogens is 588 g/mol. The fourth-order valence-corrected chi connectivity index (χ4v) is 5.86. The molecule has 0 atom stereocenters. The molecule has 6 nitrogen and oxygen atoms in total. The van der Waals surface area contributed by atoms with Crippen molar-refractivity contribution in [1.29, 1.82) is 0 Å². The van der Waals surface area contributed by atoms with Crippen LogP contribution in [-0.4, -0.2) is 31.9 Å². The zero-order valence-electron chi connectivity index (χ0n) is 26.8. The van der Waals surface area contributed by atoms with Crippen molar-refractivity contribution in [2.75, 3.05) is 20.0 Å². The predicted octanol–water partition coefficient (Wildman–Crippen LogP) is 9.39. The van der Waals surface area contributed by atoms with Crippen LogP contribution in [0.4, 0.5) is 0 Å². The van der Waals surface area contributed by atoms with Gasteiger partial charge in [-0.25, -0.2) is 9.59 Å². The molecule has 0 fully saturated rings. The molecular formula is C41H36O6. The molecule has 6 aromatic rings. The molecule has 6 heteroatoms. The Morgan fingerprint density at radius 2 is 1.13 bits per heavy atom. The normalized spacial score (nSPS) is 11.5.